The van der Waals surface area contributed by atoms with E-state index in [0.29, 0.717) is 11.4 Å². The van der Waals surface area contributed by atoms with Crippen LogP contribution in [0.1, 0.15) is 17.4 Å². The van der Waals surface area contributed by atoms with Gasteiger partial charge in [-0.1, -0.05) is 51.8 Å². The average molecular weight is 363 g/mol. The van der Waals surface area contributed by atoms with Crippen LogP contribution in [0.2, 0.25) is 5.02 Å². The summed E-state index contributed by atoms with van der Waals surface area (Å²) in [4.78, 5) is 4.58. The number of fused-ring (bicyclic) bond motifs is 1. The molecule has 1 aromatic heterocycles. The largest absolute Gasteiger partial charge is 0.388 e. The molecule has 3 rings (SSSR count). The molecule has 0 bridgehead atoms. The molecule has 106 valence electrons. The van der Waals surface area contributed by atoms with Gasteiger partial charge in [0.2, 0.25) is 0 Å². The van der Waals surface area contributed by atoms with Gasteiger partial charge in [0.25, 0.3) is 0 Å². The number of rotatable bonds is 3. The molecular weight excluding hydrogens is 350 g/mol. The Kier molecular flexibility index (Phi) is 4.24. The fraction of sp³-hybridized carbons (Fsp3) is 0.118. The number of aliphatic hydroxyl groups is 1. The molecule has 0 aliphatic rings. The van der Waals surface area contributed by atoms with Crippen LogP contribution in [0.3, 0.4) is 0 Å². The predicted octanol–water partition coefficient (Wildman–Crippen LogP) is 4.93. The van der Waals surface area contributed by atoms with Gasteiger partial charge in [0.05, 0.1) is 11.6 Å². The average Bonchev–Trinajstić information content (AvgIpc) is 2.49. The molecule has 2 nitrogen and oxygen atoms in total. The third-order valence-electron chi connectivity index (χ3n) is 3.38. The second kappa shape index (κ2) is 6.14. The van der Waals surface area contributed by atoms with Crippen molar-refractivity contribution in [1.82, 2.24) is 4.98 Å². The van der Waals surface area contributed by atoms with Gasteiger partial charge in [0.15, 0.2) is 0 Å². The third kappa shape index (κ3) is 3.26. The Bertz CT molecular complexity index is 791. The van der Waals surface area contributed by atoms with Crippen molar-refractivity contribution in [3.8, 4) is 0 Å². The van der Waals surface area contributed by atoms with E-state index >= 15 is 0 Å². The summed E-state index contributed by atoms with van der Waals surface area (Å²) >= 11 is 9.44. The Balaban J connectivity index is 1.88. The molecule has 0 amide bonds. The van der Waals surface area contributed by atoms with Crippen LogP contribution in [-0.4, -0.2) is 10.1 Å². The Morgan fingerprint density at radius 3 is 2.76 bits per heavy atom. The molecule has 0 spiro atoms. The van der Waals surface area contributed by atoms with E-state index in [1.807, 2.05) is 42.5 Å². The third-order valence-corrected chi connectivity index (χ3v) is 4.33. The van der Waals surface area contributed by atoms with Crippen LogP contribution in [-0.2, 0) is 6.42 Å². The Labute approximate surface area is 136 Å². The summed E-state index contributed by atoms with van der Waals surface area (Å²) in [5.74, 6) is 0. The van der Waals surface area contributed by atoms with Crippen molar-refractivity contribution in [2.45, 2.75) is 12.5 Å². The lowest BCUT2D eigenvalue weighted by molar-refractivity contribution is 0.176. The van der Waals surface area contributed by atoms with E-state index in [1.54, 1.807) is 12.1 Å². The summed E-state index contributed by atoms with van der Waals surface area (Å²) in [6.45, 7) is 0. The topological polar surface area (TPSA) is 33.1 Å². The van der Waals surface area contributed by atoms with Crippen LogP contribution in [0, 0.1) is 0 Å². The van der Waals surface area contributed by atoms with E-state index in [-0.39, 0.29) is 0 Å². The van der Waals surface area contributed by atoms with Gasteiger partial charge >= 0.3 is 0 Å². The summed E-state index contributed by atoms with van der Waals surface area (Å²) in [6, 6.07) is 17.3. The molecule has 0 saturated carbocycles. The number of hydrogen-bond donors (Lipinski definition) is 1. The molecule has 0 radical (unpaired) electrons. The predicted molar refractivity (Wildman–Crippen MR) is 89.6 cm³/mol. The second-order valence-corrected chi connectivity index (χ2v) is 6.17. The van der Waals surface area contributed by atoms with Crippen LogP contribution in [0.5, 0.6) is 0 Å². The number of aromatic nitrogens is 1. The Morgan fingerprint density at radius 2 is 1.90 bits per heavy atom. The van der Waals surface area contributed by atoms with Crippen molar-refractivity contribution in [2.24, 2.45) is 0 Å². The van der Waals surface area contributed by atoms with Crippen LogP contribution in [0.15, 0.2) is 59.1 Å². The molecule has 0 saturated heterocycles. The van der Waals surface area contributed by atoms with Crippen molar-refractivity contribution in [3.05, 3.63) is 75.4 Å². The van der Waals surface area contributed by atoms with Gasteiger partial charge in [0.1, 0.15) is 0 Å². The second-order valence-electron chi connectivity index (χ2n) is 4.88. The highest BCUT2D eigenvalue weighted by atomic mass is 79.9. The molecule has 1 atom stereocenters. The van der Waals surface area contributed by atoms with E-state index in [2.05, 4.69) is 20.9 Å². The molecule has 1 heterocycles. The summed E-state index contributed by atoms with van der Waals surface area (Å²) in [5.41, 5.74) is 2.57. The van der Waals surface area contributed by atoms with Crippen molar-refractivity contribution in [1.29, 1.82) is 0 Å². The molecular formula is C17H13BrClNO. The molecule has 0 fully saturated rings. The van der Waals surface area contributed by atoms with Crippen LogP contribution in [0.4, 0.5) is 0 Å². The molecule has 0 aliphatic carbocycles. The minimum Gasteiger partial charge on any atom is -0.388 e. The zero-order valence-electron chi connectivity index (χ0n) is 11.1. The fourth-order valence-electron chi connectivity index (χ4n) is 2.30. The highest BCUT2D eigenvalue weighted by molar-refractivity contribution is 9.10. The number of aliphatic hydroxyl groups excluding tert-OH is 1. The van der Waals surface area contributed by atoms with Gasteiger partial charge in [-0.25, -0.2) is 0 Å². The lowest BCUT2D eigenvalue weighted by atomic mass is 10.0. The van der Waals surface area contributed by atoms with E-state index in [1.165, 1.54) is 0 Å². The first-order chi connectivity index (χ1) is 10.1. The number of nitrogens with zero attached hydrogens (tertiary/aromatic N) is 1. The maximum Gasteiger partial charge on any atom is 0.0856 e. The number of hydrogen-bond acceptors (Lipinski definition) is 2. The van der Waals surface area contributed by atoms with Crippen molar-refractivity contribution >= 4 is 38.4 Å². The summed E-state index contributed by atoms with van der Waals surface area (Å²) in [5, 5.41) is 12.1. The van der Waals surface area contributed by atoms with Crippen LogP contribution in [0.25, 0.3) is 10.9 Å². The number of benzene rings is 2. The zero-order chi connectivity index (χ0) is 14.8. The lowest BCUT2D eigenvalue weighted by Crippen LogP contribution is -2.04. The highest BCUT2D eigenvalue weighted by Gasteiger charge is 2.13. The highest BCUT2D eigenvalue weighted by Crippen LogP contribution is 2.28. The first kappa shape index (κ1) is 14.5. The minimum absolute atomic E-state index is 0.448. The molecule has 1 unspecified atom stereocenters. The molecule has 21 heavy (non-hydrogen) atoms. The molecule has 0 aliphatic heterocycles. The van der Waals surface area contributed by atoms with Gasteiger partial charge in [-0.15, -0.1) is 0 Å². The van der Waals surface area contributed by atoms with Gasteiger partial charge in [0, 0.05) is 27.0 Å². The smallest absolute Gasteiger partial charge is 0.0856 e. The quantitative estimate of drug-likeness (QED) is 0.717. The Hall–Kier alpha value is -1.42. The van der Waals surface area contributed by atoms with Gasteiger partial charge < -0.3 is 5.11 Å². The number of halogens is 2. The first-order valence-electron chi connectivity index (χ1n) is 6.61. The van der Waals surface area contributed by atoms with Crippen molar-refractivity contribution in [2.75, 3.05) is 0 Å². The molecule has 2 aromatic carbocycles. The molecule has 3 aromatic rings. The van der Waals surface area contributed by atoms with Crippen molar-refractivity contribution < 1.29 is 5.11 Å². The standard InChI is InChI=1S/C17H13BrClNO/c18-15-8-6-12(19)9-14(15)17(21)10-13-7-5-11-3-1-2-4-16(11)20-13/h1-9,17,21H,10H2. The molecule has 4 heteroatoms. The summed E-state index contributed by atoms with van der Waals surface area (Å²) in [6.07, 6.45) is -0.198. The van der Waals surface area contributed by atoms with E-state index in [0.717, 1.165) is 26.6 Å². The minimum atomic E-state index is -0.647. The normalized spacial score (nSPS) is 12.5. The van der Waals surface area contributed by atoms with E-state index in [4.69, 9.17) is 11.6 Å². The lowest BCUT2D eigenvalue weighted by Gasteiger charge is -2.13. The van der Waals surface area contributed by atoms with Crippen LogP contribution >= 0.6 is 27.5 Å². The van der Waals surface area contributed by atoms with Crippen molar-refractivity contribution in [3.63, 3.8) is 0 Å². The Morgan fingerprint density at radius 1 is 1.10 bits per heavy atom. The van der Waals surface area contributed by atoms with Gasteiger partial charge in [-0.05, 0) is 35.9 Å². The number of para-hydroxylation sites is 1. The maximum absolute atomic E-state index is 10.4. The monoisotopic (exact) mass is 361 g/mol. The zero-order valence-corrected chi connectivity index (χ0v) is 13.5. The molecule has 1 N–H and O–H groups in total. The van der Waals surface area contributed by atoms with Gasteiger partial charge in [-0.2, -0.15) is 0 Å². The SMILES string of the molecule is OC(Cc1ccc2ccccc2n1)c1cc(Cl)ccc1Br. The fourth-order valence-corrected chi connectivity index (χ4v) is 2.99. The van der Waals surface area contributed by atoms with E-state index in [9.17, 15) is 5.11 Å². The van der Waals surface area contributed by atoms with E-state index < -0.39 is 6.10 Å². The van der Waals surface area contributed by atoms with Crippen LogP contribution < -0.4 is 0 Å². The first-order valence-corrected chi connectivity index (χ1v) is 7.78. The van der Waals surface area contributed by atoms with Gasteiger partial charge in [-0.3, -0.25) is 4.98 Å². The maximum atomic E-state index is 10.4. The summed E-state index contributed by atoms with van der Waals surface area (Å²) in [7, 11) is 0. The summed E-state index contributed by atoms with van der Waals surface area (Å²) < 4.78 is 0.847. The number of pyridine rings is 1.